The highest BCUT2D eigenvalue weighted by atomic mass is 19.1. The minimum Gasteiger partial charge on any atom is -0.493 e. The quantitative estimate of drug-likeness (QED) is 0.249. The summed E-state index contributed by atoms with van der Waals surface area (Å²) < 4.78 is 32.0. The summed E-state index contributed by atoms with van der Waals surface area (Å²) >= 11 is 0. The Morgan fingerprint density at radius 1 is 1.00 bits per heavy atom. The summed E-state index contributed by atoms with van der Waals surface area (Å²) in [6, 6.07) is 21.3. The highest BCUT2D eigenvalue weighted by molar-refractivity contribution is 5.82. The molecule has 0 saturated carbocycles. The number of ether oxygens (including phenoxy) is 3. The Morgan fingerprint density at radius 2 is 1.72 bits per heavy atom. The van der Waals surface area contributed by atoms with Crippen molar-refractivity contribution in [2.75, 3.05) is 33.4 Å². The first-order chi connectivity index (χ1) is 23.0. The number of amides is 1. The van der Waals surface area contributed by atoms with Crippen LogP contribution < -0.4 is 10.1 Å². The zero-order valence-corrected chi connectivity index (χ0v) is 26.3. The van der Waals surface area contributed by atoms with Gasteiger partial charge in [-0.1, -0.05) is 65.9 Å². The van der Waals surface area contributed by atoms with Gasteiger partial charge in [-0.25, -0.2) is 18.7 Å². The van der Waals surface area contributed by atoms with Gasteiger partial charge in [0.2, 0.25) is 0 Å². The Hall–Kier alpha value is -4.77. The molecule has 10 nitrogen and oxygen atoms in total. The fourth-order valence-corrected chi connectivity index (χ4v) is 6.99. The summed E-state index contributed by atoms with van der Waals surface area (Å²) in [7, 11) is 1.28. The fourth-order valence-electron chi connectivity index (χ4n) is 6.99. The summed E-state index contributed by atoms with van der Waals surface area (Å²) in [6.45, 7) is 2.92. The third kappa shape index (κ3) is 6.58. The van der Waals surface area contributed by atoms with Crippen molar-refractivity contribution in [3.8, 4) is 16.9 Å². The number of halogens is 1. The lowest BCUT2D eigenvalue weighted by atomic mass is 9.98. The van der Waals surface area contributed by atoms with Gasteiger partial charge in [-0.2, -0.15) is 0 Å². The summed E-state index contributed by atoms with van der Waals surface area (Å²) in [5.41, 5.74) is 7.13. The van der Waals surface area contributed by atoms with E-state index in [4.69, 9.17) is 14.2 Å². The Bertz CT molecular complexity index is 1710. The van der Waals surface area contributed by atoms with Gasteiger partial charge in [0.25, 0.3) is 0 Å². The molecule has 2 atom stereocenters. The molecule has 0 bridgehead atoms. The van der Waals surface area contributed by atoms with Crippen LogP contribution in [-0.4, -0.2) is 77.6 Å². The number of piperidine rings is 1. The van der Waals surface area contributed by atoms with E-state index in [1.807, 2.05) is 24.3 Å². The second-order valence-electron chi connectivity index (χ2n) is 12.4. The summed E-state index contributed by atoms with van der Waals surface area (Å²) in [6.07, 6.45) is 2.34. The highest BCUT2D eigenvalue weighted by Gasteiger charge is 2.31. The summed E-state index contributed by atoms with van der Waals surface area (Å²) in [5, 5.41) is 11.4. The molecule has 1 N–H and O–H groups in total. The van der Waals surface area contributed by atoms with Gasteiger partial charge >= 0.3 is 12.1 Å². The van der Waals surface area contributed by atoms with Crippen molar-refractivity contribution >= 4 is 12.1 Å². The van der Waals surface area contributed by atoms with Crippen LogP contribution in [0.1, 0.15) is 59.2 Å². The molecule has 0 spiro atoms. The van der Waals surface area contributed by atoms with E-state index < -0.39 is 24.3 Å². The number of likely N-dealkylation sites (tertiary alicyclic amines) is 1. The molecule has 11 heteroatoms. The second-order valence-corrected chi connectivity index (χ2v) is 12.4. The zero-order valence-electron chi connectivity index (χ0n) is 26.3. The number of rotatable bonds is 9. The van der Waals surface area contributed by atoms with Gasteiger partial charge in [0.15, 0.2) is 0 Å². The molecule has 0 radical (unpaired) electrons. The highest BCUT2D eigenvalue weighted by Crippen LogP contribution is 2.44. The van der Waals surface area contributed by atoms with Crippen molar-refractivity contribution < 1.29 is 28.2 Å². The normalized spacial score (nSPS) is 18.4. The van der Waals surface area contributed by atoms with Crippen molar-refractivity contribution in [2.45, 2.75) is 56.4 Å². The Kier molecular flexibility index (Phi) is 8.88. The largest absolute Gasteiger partial charge is 0.493 e. The molecular formula is C36H38FN5O5. The van der Waals surface area contributed by atoms with Crippen molar-refractivity contribution in [3.63, 3.8) is 0 Å². The lowest BCUT2D eigenvalue weighted by Gasteiger charge is -2.30. The monoisotopic (exact) mass is 639 g/mol. The van der Waals surface area contributed by atoms with E-state index in [-0.39, 0.29) is 25.0 Å². The molecule has 1 aromatic heterocycles. The van der Waals surface area contributed by atoms with Crippen molar-refractivity contribution in [1.82, 2.24) is 25.2 Å². The number of benzene rings is 3. The molecular weight excluding hydrogens is 601 g/mol. The number of carbonyl (C=O) groups is 2. The third-order valence-electron chi connectivity index (χ3n) is 9.42. The first-order valence-corrected chi connectivity index (χ1v) is 16.2. The van der Waals surface area contributed by atoms with Gasteiger partial charge in [0, 0.05) is 50.2 Å². The number of fused-ring (bicyclic) bond motifs is 4. The number of hydrogen-bond donors (Lipinski definition) is 1. The molecule has 4 aromatic rings. The summed E-state index contributed by atoms with van der Waals surface area (Å²) in [5.74, 6) is 0.102. The van der Waals surface area contributed by atoms with E-state index in [0.29, 0.717) is 31.6 Å². The summed E-state index contributed by atoms with van der Waals surface area (Å²) in [4.78, 5) is 28.0. The Morgan fingerprint density at radius 3 is 2.45 bits per heavy atom. The topological polar surface area (TPSA) is 108 Å². The van der Waals surface area contributed by atoms with Crippen LogP contribution in [0, 0.1) is 0 Å². The second kappa shape index (κ2) is 13.5. The van der Waals surface area contributed by atoms with Gasteiger partial charge in [0.05, 0.1) is 25.5 Å². The number of nitrogens with one attached hydrogen (secondary N) is 1. The van der Waals surface area contributed by atoms with E-state index in [2.05, 4.69) is 63.0 Å². The predicted octanol–water partition coefficient (Wildman–Crippen LogP) is 5.21. The third-order valence-corrected chi connectivity index (χ3v) is 9.42. The molecule has 1 aliphatic carbocycles. The van der Waals surface area contributed by atoms with Crippen molar-refractivity contribution in [1.29, 1.82) is 0 Å². The van der Waals surface area contributed by atoms with Crippen molar-refractivity contribution in [3.05, 3.63) is 101 Å². The Labute approximate surface area is 272 Å². The van der Waals surface area contributed by atoms with Crippen LogP contribution in [0.15, 0.2) is 72.9 Å². The molecule has 7 rings (SSSR count). The fraction of sp³-hybridized carbons (Fsp3) is 0.389. The number of nitrogens with zero attached hydrogens (tertiary/aromatic N) is 4. The number of alkyl halides is 1. The van der Waals surface area contributed by atoms with Crippen LogP contribution in [0.5, 0.6) is 5.75 Å². The molecule has 0 unspecified atom stereocenters. The standard InChI is InChI=1S/C36H38FN5O5/c1-45-35(43)32(38-36(44)47-22-31-28-8-4-2-6-26(28)27-7-3-5-9-29(27)31)19-25-21-42(40-39-25)33-14-17-46-34-18-23(10-11-30(33)34)20-41-15-12-24(37)13-16-41/h2-11,18,21,24,31-33H,12-17,19-20,22H2,1H3,(H,38,44)/t32-,33-/m1/s1. The molecule has 244 valence electrons. The minimum absolute atomic E-state index is 0.0848. The average molecular weight is 640 g/mol. The zero-order chi connectivity index (χ0) is 32.3. The molecule has 1 amide bonds. The number of methoxy groups -OCH3 is 1. The van der Waals surface area contributed by atoms with Crippen LogP contribution in [0.25, 0.3) is 11.1 Å². The maximum atomic E-state index is 13.6. The SMILES string of the molecule is COC(=O)[C@@H](Cc1cn([C@@H]2CCOc3cc(CN4CCC(F)CC4)ccc32)nn1)NC(=O)OCC1c2ccccc2-c2ccccc21. The molecule has 3 aromatic carbocycles. The predicted molar refractivity (Wildman–Crippen MR) is 172 cm³/mol. The van der Waals surface area contributed by atoms with Crippen LogP contribution in [0.4, 0.5) is 9.18 Å². The van der Waals surface area contributed by atoms with E-state index in [0.717, 1.165) is 58.8 Å². The van der Waals surface area contributed by atoms with E-state index >= 15 is 0 Å². The number of alkyl carbamates (subject to hydrolysis) is 1. The molecule has 3 aliphatic rings. The smallest absolute Gasteiger partial charge is 0.407 e. The number of aromatic nitrogens is 3. The van der Waals surface area contributed by atoms with Crippen LogP contribution in [0.3, 0.4) is 0 Å². The minimum atomic E-state index is -1.01. The number of esters is 1. The molecule has 1 saturated heterocycles. The first-order valence-electron chi connectivity index (χ1n) is 16.2. The van der Waals surface area contributed by atoms with E-state index in [1.54, 1.807) is 10.9 Å². The molecule has 1 fully saturated rings. The van der Waals surface area contributed by atoms with Gasteiger partial charge in [-0.15, -0.1) is 5.10 Å². The van der Waals surface area contributed by atoms with Crippen LogP contribution in [0.2, 0.25) is 0 Å². The molecule has 3 heterocycles. The van der Waals surface area contributed by atoms with E-state index in [9.17, 15) is 14.0 Å². The van der Waals surface area contributed by atoms with Gasteiger partial charge in [-0.3, -0.25) is 4.90 Å². The van der Waals surface area contributed by atoms with E-state index in [1.165, 1.54) is 7.11 Å². The number of carbonyl (C=O) groups excluding carboxylic acids is 2. The first kappa shape index (κ1) is 30.9. The van der Waals surface area contributed by atoms with Crippen LogP contribution >= 0.6 is 0 Å². The Balaban J connectivity index is 0.993. The average Bonchev–Trinajstić information content (AvgIpc) is 3.70. The van der Waals surface area contributed by atoms with Gasteiger partial charge in [0.1, 0.15) is 24.6 Å². The molecule has 47 heavy (non-hydrogen) atoms. The molecule has 2 aliphatic heterocycles. The maximum Gasteiger partial charge on any atom is 0.407 e. The van der Waals surface area contributed by atoms with Crippen molar-refractivity contribution in [2.24, 2.45) is 0 Å². The lowest BCUT2D eigenvalue weighted by molar-refractivity contribution is -0.143. The maximum absolute atomic E-state index is 13.6. The van der Waals surface area contributed by atoms with Gasteiger partial charge < -0.3 is 19.5 Å². The lowest BCUT2D eigenvalue weighted by Crippen LogP contribution is -2.43. The van der Waals surface area contributed by atoms with Crippen LogP contribution in [-0.2, 0) is 27.2 Å². The van der Waals surface area contributed by atoms with Gasteiger partial charge in [-0.05, 0) is 46.7 Å². The number of hydrogen-bond acceptors (Lipinski definition) is 8.